The first kappa shape index (κ1) is 11.0. The van der Waals surface area contributed by atoms with E-state index in [0.29, 0.717) is 12.3 Å². The monoisotopic (exact) mass is 194 g/mol. The van der Waals surface area contributed by atoms with Crippen LogP contribution in [0.2, 0.25) is 0 Å². The molecule has 0 bridgehead atoms. The van der Waals surface area contributed by atoms with Crippen molar-refractivity contribution in [2.45, 2.75) is 13.5 Å². The Hall–Kier alpha value is -1.06. The Morgan fingerprint density at radius 2 is 2.14 bits per heavy atom. The van der Waals surface area contributed by atoms with Crippen LogP contribution in [0.1, 0.15) is 11.1 Å². The van der Waals surface area contributed by atoms with Gasteiger partial charge in [0.2, 0.25) is 0 Å². The van der Waals surface area contributed by atoms with Crippen molar-refractivity contribution in [3.05, 3.63) is 29.3 Å². The van der Waals surface area contributed by atoms with Crippen molar-refractivity contribution in [2.75, 3.05) is 20.1 Å². The minimum Gasteiger partial charge on any atom is -0.508 e. The molecule has 1 aromatic rings. The Morgan fingerprint density at radius 3 is 2.79 bits per heavy atom. The van der Waals surface area contributed by atoms with E-state index >= 15 is 0 Å². The fraction of sp³-hybridized carbons (Fsp3) is 0.455. The lowest BCUT2D eigenvalue weighted by atomic mass is 10.1. The smallest absolute Gasteiger partial charge is 0.120 e. The standard InChI is InChI=1S/C11H18N2O/c1-9-3-4-11(14)10(7-9)8-13(2)6-5-12/h3-4,7,14H,5-6,8,12H2,1-2H3. The topological polar surface area (TPSA) is 49.5 Å². The molecule has 0 aliphatic carbocycles. The van der Waals surface area contributed by atoms with Gasteiger partial charge in [0, 0.05) is 25.2 Å². The summed E-state index contributed by atoms with van der Waals surface area (Å²) in [6.45, 7) is 4.24. The van der Waals surface area contributed by atoms with Crippen LogP contribution < -0.4 is 5.73 Å². The maximum Gasteiger partial charge on any atom is 0.120 e. The van der Waals surface area contributed by atoms with Crippen LogP contribution in [-0.2, 0) is 6.54 Å². The zero-order chi connectivity index (χ0) is 10.6. The quantitative estimate of drug-likeness (QED) is 0.754. The van der Waals surface area contributed by atoms with Crippen LogP contribution in [-0.4, -0.2) is 30.1 Å². The normalized spacial score (nSPS) is 10.9. The van der Waals surface area contributed by atoms with E-state index in [1.54, 1.807) is 6.07 Å². The zero-order valence-corrected chi connectivity index (χ0v) is 8.83. The van der Waals surface area contributed by atoms with E-state index < -0.39 is 0 Å². The predicted molar refractivity (Wildman–Crippen MR) is 58.2 cm³/mol. The number of phenols is 1. The van der Waals surface area contributed by atoms with Crippen molar-refractivity contribution in [3.63, 3.8) is 0 Å². The first-order valence-corrected chi connectivity index (χ1v) is 4.80. The molecule has 0 saturated heterocycles. The van der Waals surface area contributed by atoms with Crippen LogP contribution in [0, 0.1) is 6.92 Å². The Balaban J connectivity index is 2.70. The molecule has 3 nitrogen and oxygen atoms in total. The molecule has 14 heavy (non-hydrogen) atoms. The molecular weight excluding hydrogens is 176 g/mol. The molecule has 0 unspecified atom stereocenters. The van der Waals surface area contributed by atoms with Gasteiger partial charge in [0.05, 0.1) is 0 Å². The molecule has 0 spiro atoms. The number of aryl methyl sites for hydroxylation is 1. The van der Waals surface area contributed by atoms with Gasteiger partial charge < -0.3 is 15.7 Å². The molecule has 3 N–H and O–H groups in total. The van der Waals surface area contributed by atoms with E-state index in [1.165, 1.54) is 5.56 Å². The van der Waals surface area contributed by atoms with E-state index in [0.717, 1.165) is 18.7 Å². The van der Waals surface area contributed by atoms with Crippen molar-refractivity contribution < 1.29 is 5.11 Å². The first-order valence-electron chi connectivity index (χ1n) is 4.80. The highest BCUT2D eigenvalue weighted by atomic mass is 16.3. The maximum absolute atomic E-state index is 9.59. The second-order valence-corrected chi connectivity index (χ2v) is 3.66. The molecule has 78 valence electrons. The molecule has 0 aromatic heterocycles. The fourth-order valence-corrected chi connectivity index (χ4v) is 1.43. The lowest BCUT2D eigenvalue weighted by Crippen LogP contribution is -2.25. The molecule has 0 fully saturated rings. The number of aromatic hydroxyl groups is 1. The highest BCUT2D eigenvalue weighted by Gasteiger charge is 2.04. The molecule has 1 aromatic carbocycles. The first-order chi connectivity index (χ1) is 6.63. The Bertz CT molecular complexity index is 299. The lowest BCUT2D eigenvalue weighted by molar-refractivity contribution is 0.329. The number of hydrogen-bond donors (Lipinski definition) is 2. The second-order valence-electron chi connectivity index (χ2n) is 3.66. The molecule has 0 aliphatic heterocycles. The van der Waals surface area contributed by atoms with Crippen LogP contribution in [0.5, 0.6) is 5.75 Å². The van der Waals surface area contributed by atoms with Gasteiger partial charge in [-0.3, -0.25) is 0 Å². The summed E-state index contributed by atoms with van der Waals surface area (Å²) in [5.74, 6) is 0.361. The predicted octanol–water partition coefficient (Wildman–Crippen LogP) is 1.09. The summed E-state index contributed by atoms with van der Waals surface area (Å²) in [6.07, 6.45) is 0. The Morgan fingerprint density at radius 1 is 1.43 bits per heavy atom. The second kappa shape index (κ2) is 4.98. The van der Waals surface area contributed by atoms with Crippen LogP contribution in [0.25, 0.3) is 0 Å². The number of rotatable bonds is 4. The molecule has 0 heterocycles. The highest BCUT2D eigenvalue weighted by Crippen LogP contribution is 2.19. The van der Waals surface area contributed by atoms with Crippen molar-refractivity contribution in [1.29, 1.82) is 0 Å². The minimum atomic E-state index is 0.361. The van der Waals surface area contributed by atoms with Crippen molar-refractivity contribution in [2.24, 2.45) is 5.73 Å². The number of nitrogens with two attached hydrogens (primary N) is 1. The Kier molecular flexibility index (Phi) is 3.92. The summed E-state index contributed by atoms with van der Waals surface area (Å²) in [6, 6.07) is 5.64. The summed E-state index contributed by atoms with van der Waals surface area (Å²) in [7, 11) is 1.99. The molecule has 0 atom stereocenters. The molecule has 0 saturated carbocycles. The van der Waals surface area contributed by atoms with Gasteiger partial charge in [-0.2, -0.15) is 0 Å². The molecule has 0 radical (unpaired) electrons. The van der Waals surface area contributed by atoms with Crippen molar-refractivity contribution >= 4 is 0 Å². The van der Waals surface area contributed by atoms with Crippen LogP contribution >= 0.6 is 0 Å². The van der Waals surface area contributed by atoms with E-state index in [-0.39, 0.29) is 0 Å². The van der Waals surface area contributed by atoms with Gasteiger partial charge in [-0.05, 0) is 20.0 Å². The van der Waals surface area contributed by atoms with Gasteiger partial charge in [-0.1, -0.05) is 17.7 Å². The lowest BCUT2D eigenvalue weighted by Gasteiger charge is -2.16. The highest BCUT2D eigenvalue weighted by molar-refractivity contribution is 5.35. The van der Waals surface area contributed by atoms with E-state index in [4.69, 9.17) is 5.73 Å². The van der Waals surface area contributed by atoms with Gasteiger partial charge >= 0.3 is 0 Å². The largest absolute Gasteiger partial charge is 0.508 e. The number of hydrogen-bond acceptors (Lipinski definition) is 3. The third-order valence-electron chi connectivity index (χ3n) is 2.19. The molecule has 0 aliphatic rings. The van der Waals surface area contributed by atoms with Gasteiger partial charge in [-0.25, -0.2) is 0 Å². The fourth-order valence-electron chi connectivity index (χ4n) is 1.43. The van der Waals surface area contributed by atoms with Crippen molar-refractivity contribution in [3.8, 4) is 5.75 Å². The van der Waals surface area contributed by atoms with Gasteiger partial charge in [-0.15, -0.1) is 0 Å². The average Bonchev–Trinajstić information content (AvgIpc) is 2.12. The number of benzene rings is 1. The summed E-state index contributed by atoms with van der Waals surface area (Å²) in [5.41, 5.74) is 7.57. The van der Waals surface area contributed by atoms with Crippen LogP contribution in [0.3, 0.4) is 0 Å². The summed E-state index contributed by atoms with van der Waals surface area (Å²) in [4.78, 5) is 2.09. The zero-order valence-electron chi connectivity index (χ0n) is 8.83. The Labute approximate surface area is 85.2 Å². The molecule has 0 amide bonds. The minimum absolute atomic E-state index is 0.361. The maximum atomic E-state index is 9.59. The van der Waals surface area contributed by atoms with Gasteiger partial charge in [0.1, 0.15) is 5.75 Å². The third kappa shape index (κ3) is 3.01. The molecule has 1 rings (SSSR count). The summed E-state index contributed by atoms with van der Waals surface area (Å²) in [5, 5.41) is 9.59. The molecular formula is C11H18N2O. The van der Waals surface area contributed by atoms with E-state index in [9.17, 15) is 5.11 Å². The van der Waals surface area contributed by atoms with Gasteiger partial charge in [0.15, 0.2) is 0 Å². The summed E-state index contributed by atoms with van der Waals surface area (Å²) >= 11 is 0. The van der Waals surface area contributed by atoms with Gasteiger partial charge in [0.25, 0.3) is 0 Å². The number of phenolic OH excluding ortho intramolecular Hbond substituents is 1. The van der Waals surface area contributed by atoms with Crippen LogP contribution in [0.15, 0.2) is 18.2 Å². The molecule has 3 heteroatoms. The number of likely N-dealkylation sites (N-methyl/N-ethyl adjacent to an activating group) is 1. The van der Waals surface area contributed by atoms with E-state index in [1.807, 2.05) is 26.1 Å². The summed E-state index contributed by atoms with van der Waals surface area (Å²) < 4.78 is 0. The SMILES string of the molecule is Cc1ccc(O)c(CN(C)CCN)c1. The van der Waals surface area contributed by atoms with Crippen LogP contribution in [0.4, 0.5) is 0 Å². The number of nitrogens with zero attached hydrogens (tertiary/aromatic N) is 1. The van der Waals surface area contributed by atoms with Crippen molar-refractivity contribution in [1.82, 2.24) is 4.90 Å². The van der Waals surface area contributed by atoms with E-state index in [2.05, 4.69) is 4.90 Å². The average molecular weight is 194 g/mol. The third-order valence-corrected chi connectivity index (χ3v) is 2.19.